The minimum absolute atomic E-state index is 1.05. The first-order chi connectivity index (χ1) is 20.6. The predicted molar refractivity (Wildman–Crippen MR) is 191 cm³/mol. The summed E-state index contributed by atoms with van der Waals surface area (Å²) < 4.78 is 12.4. The van der Waals surface area contributed by atoms with Crippen molar-refractivity contribution in [2.24, 2.45) is 0 Å². The number of hydrogen-bond acceptors (Lipinski definition) is 2. The van der Waals surface area contributed by atoms with Crippen molar-refractivity contribution in [3.05, 3.63) is 0 Å². The normalized spacial score (nSPS) is 12.1. The minimum atomic E-state index is -1.05. The molecule has 0 aromatic heterocycles. The topological polar surface area (TPSA) is 18.5 Å². The van der Waals surface area contributed by atoms with Gasteiger partial charge in [0.1, 0.15) is 0 Å². The summed E-state index contributed by atoms with van der Waals surface area (Å²) in [6.07, 6.45) is 41.7. The van der Waals surface area contributed by atoms with Crippen molar-refractivity contribution < 1.29 is 13.3 Å². The van der Waals surface area contributed by atoms with Crippen LogP contribution < -0.4 is 0 Å². The highest BCUT2D eigenvalue weighted by molar-refractivity contribution is 6.44. The van der Waals surface area contributed by atoms with Gasteiger partial charge in [0.2, 0.25) is 0 Å². The van der Waals surface area contributed by atoms with Crippen LogP contribution in [0.5, 0.6) is 0 Å². The maximum Gasteiger partial charge on any atom is 0.384 e. The summed E-state index contributed by atoms with van der Waals surface area (Å²) in [6, 6.07) is 1.11. The van der Waals surface area contributed by atoms with E-state index in [1.54, 1.807) is 0 Å². The van der Waals surface area contributed by atoms with Crippen molar-refractivity contribution in [1.82, 2.24) is 0 Å². The van der Waals surface area contributed by atoms with Crippen molar-refractivity contribution >= 4 is 9.28 Å². The number of hydrogen-bond donors (Lipinski definition) is 0. The van der Waals surface area contributed by atoms with Crippen LogP contribution >= 0.6 is 0 Å². The van der Waals surface area contributed by atoms with E-state index in [0.29, 0.717) is 0 Å². The number of unbranched alkanes of at least 4 members (excludes halogenated alkanes) is 26. The van der Waals surface area contributed by atoms with Crippen LogP contribution in [0.25, 0.3) is 0 Å². The number of nitrogens with zero attached hydrogens (tertiary/aromatic N) is 1. The average molecular weight is 612 g/mol. The molecule has 0 bridgehead atoms. The number of rotatable bonds is 36. The first-order valence-corrected chi connectivity index (χ1v) is 20.9. The Hall–Kier alpha value is 0.0969. The molecule has 0 amide bonds. The third-order valence-electron chi connectivity index (χ3n) is 9.64. The molecule has 0 spiro atoms. The molecule has 0 unspecified atom stereocenters. The van der Waals surface area contributed by atoms with Gasteiger partial charge in [-0.05, 0) is 38.1 Å². The summed E-state index contributed by atoms with van der Waals surface area (Å²) in [4.78, 5) is 0. The van der Waals surface area contributed by atoms with Crippen LogP contribution in [0.2, 0.25) is 6.04 Å². The largest absolute Gasteiger partial charge is 0.397 e. The standard InChI is InChI=1S/C38H81NO2Si/c1-6-8-10-12-14-16-18-20-22-24-26-28-30-32-35-39(3,37-34-38-42(40-4)41-5)36-33-31-29-27-25-23-21-19-17-15-13-11-9-7-2/h6-38H2,1-5H3/q+1. The van der Waals surface area contributed by atoms with Gasteiger partial charge < -0.3 is 13.3 Å². The SMILES string of the molecule is CCCCCCCCCCCCCCCC[N+](C)(CCCCCCCCCCCCCCCC)CCC[Si](OC)OC. The molecule has 0 aromatic rings. The molecule has 1 radical (unpaired) electrons. The molecule has 4 heteroatoms. The van der Waals surface area contributed by atoms with Gasteiger partial charge in [0, 0.05) is 14.2 Å². The van der Waals surface area contributed by atoms with E-state index in [0.717, 1.165) is 6.04 Å². The van der Waals surface area contributed by atoms with E-state index in [-0.39, 0.29) is 0 Å². The van der Waals surface area contributed by atoms with E-state index in [2.05, 4.69) is 20.9 Å². The fourth-order valence-corrected chi connectivity index (χ4v) is 7.63. The van der Waals surface area contributed by atoms with E-state index in [4.69, 9.17) is 8.85 Å². The van der Waals surface area contributed by atoms with Gasteiger partial charge in [0.15, 0.2) is 0 Å². The van der Waals surface area contributed by atoms with Crippen LogP contribution in [0.15, 0.2) is 0 Å². The monoisotopic (exact) mass is 612 g/mol. The van der Waals surface area contributed by atoms with Crippen LogP contribution in [0, 0.1) is 0 Å². The van der Waals surface area contributed by atoms with Crippen LogP contribution in [-0.2, 0) is 8.85 Å². The van der Waals surface area contributed by atoms with E-state index < -0.39 is 9.28 Å². The molecule has 3 nitrogen and oxygen atoms in total. The Labute approximate surface area is 269 Å². The van der Waals surface area contributed by atoms with E-state index in [1.807, 2.05) is 14.2 Å². The Bertz CT molecular complexity index is 467. The summed E-state index contributed by atoms with van der Waals surface area (Å²) >= 11 is 0. The maximum atomic E-state index is 5.56. The summed E-state index contributed by atoms with van der Waals surface area (Å²) in [6.45, 7) is 8.62. The second-order valence-corrected chi connectivity index (χ2v) is 15.9. The molecule has 0 fully saturated rings. The van der Waals surface area contributed by atoms with Gasteiger partial charge in [0.05, 0.1) is 26.7 Å². The third kappa shape index (κ3) is 30.1. The first-order valence-electron chi connectivity index (χ1n) is 19.4. The molecule has 253 valence electrons. The van der Waals surface area contributed by atoms with Gasteiger partial charge in [-0.25, -0.2) is 0 Å². The third-order valence-corrected chi connectivity index (χ3v) is 11.3. The summed E-state index contributed by atoms with van der Waals surface area (Å²) in [5.41, 5.74) is 0. The molecule has 0 N–H and O–H groups in total. The highest BCUT2D eigenvalue weighted by Gasteiger charge is 2.22. The van der Waals surface area contributed by atoms with Crippen molar-refractivity contribution in [2.45, 2.75) is 206 Å². The predicted octanol–water partition coefficient (Wildman–Crippen LogP) is 12.6. The van der Waals surface area contributed by atoms with Gasteiger partial charge in [-0.3, -0.25) is 0 Å². The summed E-state index contributed by atoms with van der Waals surface area (Å²) in [5, 5.41) is 0. The molecule has 0 aliphatic rings. The van der Waals surface area contributed by atoms with Crippen molar-refractivity contribution in [3.8, 4) is 0 Å². The van der Waals surface area contributed by atoms with Gasteiger partial charge >= 0.3 is 9.28 Å². The van der Waals surface area contributed by atoms with Crippen molar-refractivity contribution in [3.63, 3.8) is 0 Å². The van der Waals surface area contributed by atoms with Crippen LogP contribution in [-0.4, -0.2) is 54.7 Å². The molecule has 42 heavy (non-hydrogen) atoms. The van der Waals surface area contributed by atoms with Crippen LogP contribution in [0.4, 0.5) is 0 Å². The Morgan fingerprint density at radius 3 is 0.857 bits per heavy atom. The lowest BCUT2D eigenvalue weighted by molar-refractivity contribution is -0.910. The van der Waals surface area contributed by atoms with Gasteiger partial charge in [-0.15, -0.1) is 0 Å². The number of quaternary nitrogens is 1. The summed E-state index contributed by atoms with van der Waals surface area (Å²) in [7, 11) is 5.11. The lowest BCUT2D eigenvalue weighted by atomic mass is 10.0. The average Bonchev–Trinajstić information content (AvgIpc) is 2.99. The molecule has 0 atom stereocenters. The fourth-order valence-electron chi connectivity index (χ4n) is 6.60. The first kappa shape index (κ1) is 42.1. The highest BCUT2D eigenvalue weighted by Crippen LogP contribution is 2.18. The van der Waals surface area contributed by atoms with E-state index in [1.165, 1.54) is 210 Å². The molecule has 0 saturated carbocycles. The molecule has 0 rings (SSSR count). The summed E-state index contributed by atoms with van der Waals surface area (Å²) in [5.74, 6) is 0. The zero-order valence-electron chi connectivity index (χ0n) is 30.1. The molecule has 0 aliphatic carbocycles. The molecule has 0 aliphatic heterocycles. The Morgan fingerprint density at radius 2 is 0.595 bits per heavy atom. The van der Waals surface area contributed by atoms with Gasteiger partial charge in [-0.2, -0.15) is 0 Å². The Kier molecular flexibility index (Phi) is 34.1. The second kappa shape index (κ2) is 34.0. The smallest absolute Gasteiger partial charge is 0.384 e. The zero-order valence-corrected chi connectivity index (χ0v) is 31.1. The van der Waals surface area contributed by atoms with Crippen molar-refractivity contribution in [1.29, 1.82) is 0 Å². The van der Waals surface area contributed by atoms with Crippen LogP contribution in [0.1, 0.15) is 200 Å². The molecule has 0 aromatic carbocycles. The van der Waals surface area contributed by atoms with E-state index in [9.17, 15) is 0 Å². The zero-order chi connectivity index (χ0) is 30.8. The van der Waals surface area contributed by atoms with Gasteiger partial charge in [-0.1, -0.05) is 168 Å². The highest BCUT2D eigenvalue weighted by atomic mass is 28.3. The molecule has 0 saturated heterocycles. The molecular formula is C38H81NO2Si+. The fraction of sp³-hybridized carbons (Fsp3) is 1.00. The van der Waals surface area contributed by atoms with Crippen molar-refractivity contribution in [2.75, 3.05) is 40.9 Å². The maximum absolute atomic E-state index is 5.56. The lowest BCUT2D eigenvalue weighted by Gasteiger charge is -2.35. The lowest BCUT2D eigenvalue weighted by Crippen LogP contribution is -2.46. The molecule has 0 heterocycles. The second-order valence-electron chi connectivity index (χ2n) is 13.9. The minimum Gasteiger partial charge on any atom is -0.397 e. The molecular weight excluding hydrogens is 531 g/mol. The van der Waals surface area contributed by atoms with Crippen LogP contribution in [0.3, 0.4) is 0 Å². The Balaban J connectivity index is 3.96. The van der Waals surface area contributed by atoms with E-state index >= 15 is 0 Å². The quantitative estimate of drug-likeness (QED) is 0.0398. The Morgan fingerprint density at radius 1 is 0.357 bits per heavy atom. The van der Waals surface area contributed by atoms with Gasteiger partial charge in [0.25, 0.3) is 0 Å².